The van der Waals surface area contributed by atoms with Crippen LogP contribution in [0.25, 0.3) is 0 Å². The molecule has 1 amide bonds. The normalized spacial score (nSPS) is 11.9. The Balaban J connectivity index is 1.92. The van der Waals surface area contributed by atoms with E-state index in [1.807, 2.05) is 18.2 Å². The summed E-state index contributed by atoms with van der Waals surface area (Å²) in [5.74, 6) is 0.0756. The summed E-state index contributed by atoms with van der Waals surface area (Å²) in [6, 6.07) is 15.9. The van der Waals surface area contributed by atoms with Gasteiger partial charge in [-0.25, -0.2) is 0 Å². The van der Waals surface area contributed by atoms with E-state index in [9.17, 15) is 15.0 Å². The van der Waals surface area contributed by atoms with E-state index in [2.05, 4.69) is 0 Å². The Kier molecular flexibility index (Phi) is 4.95. The fourth-order valence-corrected chi connectivity index (χ4v) is 2.08. The Hall–Kier alpha value is -2.33. The summed E-state index contributed by atoms with van der Waals surface area (Å²) in [5, 5.41) is 19.3. The Morgan fingerprint density at radius 1 is 1.10 bits per heavy atom. The number of aliphatic hydroxyl groups excluding tert-OH is 1. The molecular weight excluding hydrogens is 266 g/mol. The molecule has 2 aromatic rings. The number of benzene rings is 2. The highest BCUT2D eigenvalue weighted by Crippen LogP contribution is 2.18. The van der Waals surface area contributed by atoms with Crippen LogP contribution in [0.15, 0.2) is 54.6 Å². The number of phenols is 1. The third kappa shape index (κ3) is 4.33. The van der Waals surface area contributed by atoms with E-state index in [0.29, 0.717) is 6.54 Å². The van der Waals surface area contributed by atoms with Crippen molar-refractivity contribution in [1.82, 2.24) is 4.90 Å². The van der Waals surface area contributed by atoms with Crippen molar-refractivity contribution in [2.45, 2.75) is 19.1 Å². The molecule has 0 bridgehead atoms. The lowest BCUT2D eigenvalue weighted by Gasteiger charge is -2.19. The Labute approximate surface area is 124 Å². The molecule has 0 aliphatic heterocycles. The lowest BCUT2D eigenvalue weighted by atomic mass is 10.1. The van der Waals surface area contributed by atoms with Crippen molar-refractivity contribution in [3.05, 3.63) is 65.7 Å². The molecule has 0 aliphatic rings. The van der Waals surface area contributed by atoms with Crippen molar-refractivity contribution < 1.29 is 15.0 Å². The molecule has 4 nitrogen and oxygen atoms in total. The predicted octanol–water partition coefficient (Wildman–Crippen LogP) is 2.47. The smallest absolute Gasteiger partial charge is 0.225 e. The second kappa shape index (κ2) is 6.90. The van der Waals surface area contributed by atoms with Crippen LogP contribution in [0.3, 0.4) is 0 Å². The minimum atomic E-state index is -0.791. The van der Waals surface area contributed by atoms with Gasteiger partial charge in [-0.05, 0) is 23.3 Å². The van der Waals surface area contributed by atoms with Crippen LogP contribution >= 0.6 is 0 Å². The number of aromatic hydroxyl groups is 1. The molecule has 0 aromatic heterocycles. The summed E-state index contributed by atoms with van der Waals surface area (Å²) in [4.78, 5) is 13.7. The van der Waals surface area contributed by atoms with E-state index in [0.717, 1.165) is 11.1 Å². The zero-order chi connectivity index (χ0) is 15.2. The molecule has 0 aliphatic carbocycles. The summed E-state index contributed by atoms with van der Waals surface area (Å²) in [7, 11) is 1.70. The fourth-order valence-electron chi connectivity index (χ4n) is 2.08. The highest BCUT2D eigenvalue weighted by molar-refractivity contribution is 5.76. The summed E-state index contributed by atoms with van der Waals surface area (Å²) in [6.07, 6.45) is -0.737. The number of phenolic OH excluding ortho intramolecular Hbond substituents is 1. The number of rotatable bonds is 5. The van der Waals surface area contributed by atoms with Crippen LogP contribution in [-0.2, 0) is 11.3 Å². The quantitative estimate of drug-likeness (QED) is 0.887. The molecule has 0 fully saturated rings. The van der Waals surface area contributed by atoms with Gasteiger partial charge in [0.05, 0.1) is 12.5 Å². The fraction of sp³-hybridized carbons (Fsp3) is 0.235. The van der Waals surface area contributed by atoms with Crippen LogP contribution in [0.2, 0.25) is 0 Å². The van der Waals surface area contributed by atoms with Gasteiger partial charge in [0, 0.05) is 13.6 Å². The van der Waals surface area contributed by atoms with Gasteiger partial charge in [-0.1, -0.05) is 42.5 Å². The van der Waals surface area contributed by atoms with E-state index in [1.165, 1.54) is 0 Å². The number of aliphatic hydroxyl groups is 1. The van der Waals surface area contributed by atoms with Crippen molar-refractivity contribution in [2.24, 2.45) is 0 Å². The molecule has 0 heterocycles. The third-order valence-corrected chi connectivity index (χ3v) is 3.33. The van der Waals surface area contributed by atoms with Crippen LogP contribution in [0.1, 0.15) is 23.7 Å². The molecule has 0 radical (unpaired) electrons. The van der Waals surface area contributed by atoms with Crippen LogP contribution in [-0.4, -0.2) is 28.1 Å². The van der Waals surface area contributed by atoms with Crippen molar-refractivity contribution >= 4 is 5.91 Å². The van der Waals surface area contributed by atoms with Gasteiger partial charge in [0.15, 0.2) is 0 Å². The number of amides is 1. The highest BCUT2D eigenvalue weighted by Gasteiger charge is 2.16. The summed E-state index contributed by atoms with van der Waals surface area (Å²) in [6.45, 7) is 0.445. The van der Waals surface area contributed by atoms with Gasteiger partial charge in [0.25, 0.3) is 0 Å². The maximum absolute atomic E-state index is 12.1. The number of hydrogen-bond acceptors (Lipinski definition) is 3. The average molecular weight is 285 g/mol. The molecule has 1 unspecified atom stereocenters. The monoisotopic (exact) mass is 285 g/mol. The molecule has 21 heavy (non-hydrogen) atoms. The second-order valence-corrected chi connectivity index (χ2v) is 5.05. The predicted molar refractivity (Wildman–Crippen MR) is 80.6 cm³/mol. The Morgan fingerprint density at radius 2 is 1.71 bits per heavy atom. The van der Waals surface area contributed by atoms with E-state index in [-0.39, 0.29) is 18.1 Å². The van der Waals surface area contributed by atoms with Gasteiger partial charge in [0.1, 0.15) is 5.75 Å². The number of carbonyl (C=O) groups is 1. The first-order valence-electron chi connectivity index (χ1n) is 6.81. The highest BCUT2D eigenvalue weighted by atomic mass is 16.3. The largest absolute Gasteiger partial charge is 0.508 e. The molecule has 0 spiro atoms. The van der Waals surface area contributed by atoms with Crippen LogP contribution < -0.4 is 0 Å². The molecule has 2 aromatic carbocycles. The molecular formula is C17H19NO3. The van der Waals surface area contributed by atoms with Crippen molar-refractivity contribution in [1.29, 1.82) is 0 Å². The summed E-state index contributed by atoms with van der Waals surface area (Å²) >= 11 is 0. The Morgan fingerprint density at radius 3 is 2.33 bits per heavy atom. The SMILES string of the molecule is CN(Cc1ccc(O)cc1)C(=O)CC(O)c1ccccc1. The molecule has 1 atom stereocenters. The second-order valence-electron chi connectivity index (χ2n) is 5.05. The first kappa shape index (κ1) is 15.1. The minimum absolute atomic E-state index is 0.0542. The minimum Gasteiger partial charge on any atom is -0.508 e. The number of carbonyl (C=O) groups excluding carboxylic acids is 1. The van der Waals surface area contributed by atoms with E-state index in [1.54, 1.807) is 48.3 Å². The average Bonchev–Trinajstić information content (AvgIpc) is 2.50. The molecule has 4 heteroatoms. The first-order chi connectivity index (χ1) is 10.1. The molecule has 0 saturated carbocycles. The topological polar surface area (TPSA) is 60.8 Å². The zero-order valence-electron chi connectivity index (χ0n) is 11.9. The van der Waals surface area contributed by atoms with Crippen molar-refractivity contribution in [3.8, 4) is 5.75 Å². The van der Waals surface area contributed by atoms with Crippen LogP contribution in [0, 0.1) is 0 Å². The molecule has 2 rings (SSSR count). The lowest BCUT2D eigenvalue weighted by Crippen LogP contribution is -2.27. The van der Waals surface area contributed by atoms with Gasteiger partial charge >= 0.3 is 0 Å². The van der Waals surface area contributed by atoms with Gasteiger partial charge in [0.2, 0.25) is 5.91 Å². The maximum atomic E-state index is 12.1. The molecule has 2 N–H and O–H groups in total. The van der Waals surface area contributed by atoms with E-state index in [4.69, 9.17) is 0 Å². The molecule has 0 saturated heterocycles. The standard InChI is InChI=1S/C17H19NO3/c1-18(12-13-7-9-15(19)10-8-13)17(21)11-16(20)14-5-3-2-4-6-14/h2-10,16,19-20H,11-12H2,1H3. The van der Waals surface area contributed by atoms with E-state index >= 15 is 0 Å². The summed E-state index contributed by atoms with van der Waals surface area (Å²) < 4.78 is 0. The maximum Gasteiger partial charge on any atom is 0.225 e. The zero-order valence-corrected chi connectivity index (χ0v) is 11.9. The van der Waals surface area contributed by atoms with Gasteiger partial charge < -0.3 is 15.1 Å². The van der Waals surface area contributed by atoms with Crippen LogP contribution in [0.5, 0.6) is 5.75 Å². The molecule has 110 valence electrons. The van der Waals surface area contributed by atoms with Gasteiger partial charge in [-0.2, -0.15) is 0 Å². The lowest BCUT2D eigenvalue weighted by molar-refractivity contribution is -0.132. The van der Waals surface area contributed by atoms with Crippen LogP contribution in [0.4, 0.5) is 0 Å². The third-order valence-electron chi connectivity index (χ3n) is 3.33. The van der Waals surface area contributed by atoms with Gasteiger partial charge in [-0.15, -0.1) is 0 Å². The summed E-state index contributed by atoms with van der Waals surface area (Å²) in [5.41, 5.74) is 1.67. The van der Waals surface area contributed by atoms with Gasteiger partial charge in [-0.3, -0.25) is 4.79 Å². The Bertz CT molecular complexity index is 581. The van der Waals surface area contributed by atoms with Crippen molar-refractivity contribution in [2.75, 3.05) is 7.05 Å². The first-order valence-corrected chi connectivity index (χ1v) is 6.81. The number of hydrogen-bond donors (Lipinski definition) is 2. The number of nitrogens with zero attached hydrogens (tertiary/aromatic N) is 1. The van der Waals surface area contributed by atoms with Crippen molar-refractivity contribution in [3.63, 3.8) is 0 Å². The van der Waals surface area contributed by atoms with E-state index < -0.39 is 6.10 Å².